The molecule has 0 saturated heterocycles. The van der Waals surface area contributed by atoms with Gasteiger partial charge in [-0.2, -0.15) is 0 Å². The van der Waals surface area contributed by atoms with Crippen molar-refractivity contribution in [3.8, 4) is 0 Å². The van der Waals surface area contributed by atoms with Crippen LogP contribution in [-0.4, -0.2) is 96.7 Å². The number of phosphoric ester groups is 2. The predicted molar refractivity (Wildman–Crippen MR) is 418 cm³/mol. The summed E-state index contributed by atoms with van der Waals surface area (Å²) in [7, 11) is -9.93. The van der Waals surface area contributed by atoms with Crippen LogP contribution >= 0.6 is 15.6 Å². The van der Waals surface area contributed by atoms with Gasteiger partial charge in [-0.05, 0) is 57.3 Å². The summed E-state index contributed by atoms with van der Waals surface area (Å²) in [6, 6.07) is 0. The number of phosphoric acid groups is 2. The van der Waals surface area contributed by atoms with Crippen LogP contribution < -0.4 is 0 Å². The Bertz CT molecular complexity index is 2040. The summed E-state index contributed by atoms with van der Waals surface area (Å²) in [5, 5.41) is 10.6. The van der Waals surface area contributed by atoms with Crippen LogP contribution in [0.1, 0.15) is 420 Å². The Morgan fingerprint density at radius 1 is 0.304 bits per heavy atom. The van der Waals surface area contributed by atoms with Gasteiger partial charge in [-0.3, -0.25) is 37.3 Å². The number of rotatable bonds is 81. The summed E-state index contributed by atoms with van der Waals surface area (Å²) in [4.78, 5) is 73.1. The van der Waals surface area contributed by atoms with Gasteiger partial charge in [0.05, 0.1) is 26.4 Å². The molecule has 3 N–H and O–H groups in total. The number of ether oxygens (including phenoxy) is 4. The fourth-order valence-electron chi connectivity index (χ4n) is 12.4. The molecule has 5 atom stereocenters. The highest BCUT2D eigenvalue weighted by molar-refractivity contribution is 7.47. The molecular weight excluding hydrogens is 1330 g/mol. The van der Waals surface area contributed by atoms with Crippen LogP contribution in [0.3, 0.4) is 0 Å². The van der Waals surface area contributed by atoms with E-state index in [1.807, 2.05) is 0 Å². The van der Waals surface area contributed by atoms with Crippen LogP contribution in [-0.2, 0) is 65.4 Å². The van der Waals surface area contributed by atoms with E-state index in [-0.39, 0.29) is 25.7 Å². The maximum absolute atomic E-state index is 13.1. The molecular formula is C83H158O17P2. The zero-order chi connectivity index (χ0) is 74.8. The van der Waals surface area contributed by atoms with E-state index < -0.39 is 97.5 Å². The first kappa shape index (κ1) is 99.5. The molecule has 0 amide bonds. The average Bonchev–Trinajstić information content (AvgIpc) is 0.966. The van der Waals surface area contributed by atoms with Crippen molar-refractivity contribution in [3.63, 3.8) is 0 Å². The second-order valence-corrected chi connectivity index (χ2v) is 32.6. The quantitative estimate of drug-likeness (QED) is 0.0169. The largest absolute Gasteiger partial charge is 0.472 e. The van der Waals surface area contributed by atoms with E-state index in [1.54, 1.807) is 0 Å². The van der Waals surface area contributed by atoms with E-state index in [1.165, 1.54) is 225 Å². The number of hydrogen-bond donors (Lipinski definition) is 3. The SMILES string of the molecule is CCCCCC/C=C\C=C/CCCCCCCC(=O)OC[C@H](COP(=O)(O)OC[C@@H](O)COP(=O)(O)OC[C@@H](COC(=O)CCCCCCCCCCCC(C)C)OC(=O)CCCCCCCCCCCCCCC)OC(=O)CCCCCCCCCCCCCCCCCCCCCCCC. The molecule has 0 aliphatic heterocycles. The molecule has 0 fully saturated rings. The van der Waals surface area contributed by atoms with Gasteiger partial charge in [-0.1, -0.05) is 367 Å². The lowest BCUT2D eigenvalue weighted by Crippen LogP contribution is -2.30. The summed E-state index contributed by atoms with van der Waals surface area (Å²) < 4.78 is 68.7. The monoisotopic (exact) mass is 1490 g/mol. The third-order valence-corrected chi connectivity index (χ3v) is 20.8. The van der Waals surface area contributed by atoms with Crippen molar-refractivity contribution < 1.29 is 80.2 Å². The van der Waals surface area contributed by atoms with E-state index in [0.29, 0.717) is 25.7 Å². The first-order valence-electron chi connectivity index (χ1n) is 42.5. The van der Waals surface area contributed by atoms with Gasteiger partial charge in [0.25, 0.3) is 0 Å². The highest BCUT2D eigenvalue weighted by Crippen LogP contribution is 2.45. The molecule has 0 aromatic carbocycles. The van der Waals surface area contributed by atoms with Gasteiger partial charge in [0, 0.05) is 25.7 Å². The van der Waals surface area contributed by atoms with E-state index in [2.05, 4.69) is 58.9 Å². The van der Waals surface area contributed by atoms with Crippen molar-refractivity contribution in [1.82, 2.24) is 0 Å². The fourth-order valence-corrected chi connectivity index (χ4v) is 14.0. The first-order valence-corrected chi connectivity index (χ1v) is 45.4. The molecule has 0 saturated carbocycles. The lowest BCUT2D eigenvalue weighted by atomic mass is 10.0. The Hall–Kier alpha value is -2.46. The average molecular weight is 1490 g/mol. The molecule has 0 aromatic rings. The summed E-state index contributed by atoms with van der Waals surface area (Å²) in [6.45, 7) is 7.25. The van der Waals surface area contributed by atoms with Gasteiger partial charge in [0.15, 0.2) is 12.2 Å². The van der Waals surface area contributed by atoms with Crippen molar-refractivity contribution in [1.29, 1.82) is 0 Å². The molecule has 19 heteroatoms. The second kappa shape index (κ2) is 75.4. The number of aliphatic hydroxyl groups is 1. The van der Waals surface area contributed by atoms with Gasteiger partial charge < -0.3 is 33.8 Å². The molecule has 602 valence electrons. The lowest BCUT2D eigenvalue weighted by molar-refractivity contribution is -0.161. The van der Waals surface area contributed by atoms with Gasteiger partial charge in [0.2, 0.25) is 0 Å². The molecule has 0 rings (SSSR count). The Kier molecular flexibility index (Phi) is 73.5. The molecule has 0 bridgehead atoms. The molecule has 0 radical (unpaired) electrons. The number of allylic oxidation sites excluding steroid dienone is 4. The van der Waals surface area contributed by atoms with Crippen LogP contribution in [0.5, 0.6) is 0 Å². The number of hydrogen-bond acceptors (Lipinski definition) is 15. The summed E-state index contributed by atoms with van der Waals surface area (Å²) >= 11 is 0. The van der Waals surface area contributed by atoms with Gasteiger partial charge in [-0.25, -0.2) is 9.13 Å². The number of carbonyl (C=O) groups is 4. The summed E-state index contributed by atoms with van der Waals surface area (Å²) in [6.07, 6.45) is 70.3. The van der Waals surface area contributed by atoms with E-state index >= 15 is 0 Å². The maximum Gasteiger partial charge on any atom is 0.472 e. The topological polar surface area (TPSA) is 237 Å². The molecule has 0 heterocycles. The first-order chi connectivity index (χ1) is 49.5. The number of carbonyl (C=O) groups excluding carboxylic acids is 4. The zero-order valence-electron chi connectivity index (χ0n) is 66.2. The molecule has 0 spiro atoms. The van der Waals surface area contributed by atoms with Crippen molar-refractivity contribution in [2.45, 2.75) is 438 Å². The van der Waals surface area contributed by atoms with E-state index in [0.717, 1.165) is 115 Å². The summed E-state index contributed by atoms with van der Waals surface area (Å²) in [5.74, 6) is -1.39. The maximum atomic E-state index is 13.1. The molecule has 0 aliphatic carbocycles. The third-order valence-electron chi connectivity index (χ3n) is 18.9. The Morgan fingerprint density at radius 2 is 0.529 bits per heavy atom. The smallest absolute Gasteiger partial charge is 0.462 e. The van der Waals surface area contributed by atoms with Crippen LogP contribution in [0.4, 0.5) is 0 Å². The van der Waals surface area contributed by atoms with Gasteiger partial charge in [0.1, 0.15) is 19.3 Å². The predicted octanol–water partition coefficient (Wildman–Crippen LogP) is 24.8. The van der Waals surface area contributed by atoms with Crippen molar-refractivity contribution in [2.75, 3.05) is 39.6 Å². The van der Waals surface area contributed by atoms with Crippen molar-refractivity contribution >= 4 is 39.5 Å². The molecule has 17 nitrogen and oxygen atoms in total. The number of esters is 4. The zero-order valence-corrected chi connectivity index (χ0v) is 68.0. The van der Waals surface area contributed by atoms with Crippen molar-refractivity contribution in [3.05, 3.63) is 24.3 Å². The molecule has 0 aromatic heterocycles. The highest BCUT2D eigenvalue weighted by Gasteiger charge is 2.30. The number of aliphatic hydroxyl groups excluding tert-OH is 1. The Labute approximate surface area is 624 Å². The highest BCUT2D eigenvalue weighted by atomic mass is 31.2. The molecule has 102 heavy (non-hydrogen) atoms. The van der Waals surface area contributed by atoms with E-state index in [9.17, 15) is 43.2 Å². The second-order valence-electron chi connectivity index (χ2n) is 29.7. The summed E-state index contributed by atoms with van der Waals surface area (Å²) in [5.41, 5.74) is 0. The van der Waals surface area contributed by atoms with Crippen LogP contribution in [0.25, 0.3) is 0 Å². The van der Waals surface area contributed by atoms with Crippen molar-refractivity contribution in [2.24, 2.45) is 5.92 Å². The minimum absolute atomic E-state index is 0.102. The molecule has 2 unspecified atom stereocenters. The van der Waals surface area contributed by atoms with Crippen LogP contribution in [0.15, 0.2) is 24.3 Å². The Balaban J connectivity index is 5.25. The van der Waals surface area contributed by atoms with Crippen LogP contribution in [0.2, 0.25) is 0 Å². The third kappa shape index (κ3) is 75.8. The minimum Gasteiger partial charge on any atom is -0.462 e. The van der Waals surface area contributed by atoms with Gasteiger partial charge >= 0.3 is 39.5 Å². The van der Waals surface area contributed by atoms with Gasteiger partial charge in [-0.15, -0.1) is 0 Å². The Morgan fingerprint density at radius 3 is 0.804 bits per heavy atom. The van der Waals surface area contributed by atoms with E-state index in [4.69, 9.17) is 37.0 Å². The lowest BCUT2D eigenvalue weighted by Gasteiger charge is -2.21. The fraction of sp³-hybridized carbons (Fsp3) is 0.904. The molecule has 0 aliphatic rings. The standard InChI is InChI=1S/C83H158O17P2/c1-6-9-12-15-18-21-24-27-29-30-31-32-33-34-35-37-40-43-48-54-59-64-69-83(88)99-78(72-93-80(85)66-61-56-51-46-41-39-36-28-25-22-19-16-13-10-7-2)74-97-101(89,90)95-70-77(84)71-96-102(91,92)98-75-79(73-94-81(86)67-62-57-52-49-44-45-50-55-60-65-76(4)5)100-82(87)68-63-58-53-47-42-38-26-23-20-17-14-11-8-3/h22,25,28,36,76-79,84H,6-21,23-24,26-27,29-35,37-75H2,1-5H3,(H,89,90)(H,91,92)/b25-22-,36-28-/t77-,78-,79-/m1/s1. The number of unbranched alkanes of at least 4 members (excludes halogenated alkanes) is 50. The van der Waals surface area contributed by atoms with Crippen LogP contribution in [0, 0.1) is 5.92 Å². The normalized spacial score (nSPS) is 14.0. The minimum atomic E-state index is -4.97.